The third-order valence-electron chi connectivity index (χ3n) is 4.75. The normalized spacial score (nSPS) is 14.2. The lowest BCUT2D eigenvalue weighted by molar-refractivity contribution is -0.136. The van der Waals surface area contributed by atoms with Gasteiger partial charge in [-0.3, -0.25) is 4.79 Å². The molecule has 152 valence electrons. The van der Waals surface area contributed by atoms with Crippen molar-refractivity contribution in [1.29, 1.82) is 0 Å². The molecule has 3 unspecified atom stereocenters. The van der Waals surface area contributed by atoms with Gasteiger partial charge in [0.2, 0.25) is 0 Å². The second-order valence-electron chi connectivity index (χ2n) is 6.81. The van der Waals surface area contributed by atoms with E-state index in [1.54, 1.807) is 12.1 Å². The minimum absolute atomic E-state index is 0.293. The van der Waals surface area contributed by atoms with Crippen molar-refractivity contribution in [1.82, 2.24) is 10.3 Å². The van der Waals surface area contributed by atoms with Crippen molar-refractivity contribution in [2.24, 2.45) is 0 Å². The minimum atomic E-state index is -1.66. The Morgan fingerprint density at radius 2 is 1.53 bits per heavy atom. The summed E-state index contributed by atoms with van der Waals surface area (Å²) in [6, 6.07) is 23.4. The van der Waals surface area contributed by atoms with Crippen molar-refractivity contribution in [3.05, 3.63) is 100 Å². The average molecular weight is 439 g/mol. The number of thiazole rings is 1. The monoisotopic (exact) mass is 438 g/mol. The van der Waals surface area contributed by atoms with Crippen LogP contribution in [0.25, 0.3) is 10.2 Å². The molecule has 1 amide bonds. The maximum absolute atomic E-state index is 12.8. The molecule has 4 aromatic rings. The average Bonchev–Trinajstić information content (AvgIpc) is 3.22. The molecule has 3 atom stereocenters. The van der Waals surface area contributed by atoms with E-state index in [-0.39, 0.29) is 0 Å². The number of rotatable bonds is 6. The Hall–Kier alpha value is -2.77. The van der Waals surface area contributed by atoms with E-state index in [0.717, 1.165) is 15.8 Å². The number of halogens is 1. The molecule has 0 saturated heterocycles. The van der Waals surface area contributed by atoms with E-state index < -0.39 is 24.2 Å². The van der Waals surface area contributed by atoms with Crippen LogP contribution in [-0.4, -0.2) is 27.2 Å². The number of carbonyl (C=O) groups excluding carboxylic acids is 1. The van der Waals surface area contributed by atoms with Gasteiger partial charge in [0.15, 0.2) is 6.10 Å². The molecule has 7 heteroatoms. The molecule has 3 aromatic carbocycles. The highest BCUT2D eigenvalue weighted by atomic mass is 35.5. The number of aromatic nitrogens is 1. The van der Waals surface area contributed by atoms with Crippen molar-refractivity contribution < 1.29 is 15.0 Å². The zero-order valence-corrected chi connectivity index (χ0v) is 17.3. The highest BCUT2D eigenvalue weighted by molar-refractivity contribution is 7.18. The molecule has 5 nitrogen and oxygen atoms in total. The number of aliphatic hydroxyl groups is 2. The number of benzene rings is 3. The summed E-state index contributed by atoms with van der Waals surface area (Å²) >= 11 is 7.24. The van der Waals surface area contributed by atoms with Crippen LogP contribution in [0.15, 0.2) is 78.9 Å². The van der Waals surface area contributed by atoms with Crippen LogP contribution in [0.4, 0.5) is 0 Å². The number of amides is 1. The van der Waals surface area contributed by atoms with E-state index in [0.29, 0.717) is 15.5 Å². The van der Waals surface area contributed by atoms with E-state index in [9.17, 15) is 15.0 Å². The SMILES string of the molecule is O=C(NC(c1ccccc1)c1ccc(Cl)cc1)C(O)C(O)c1nc2ccccc2s1. The fourth-order valence-corrected chi connectivity index (χ4v) is 4.29. The fraction of sp³-hybridized carbons (Fsp3) is 0.130. The van der Waals surface area contributed by atoms with Crippen molar-refractivity contribution in [3.63, 3.8) is 0 Å². The van der Waals surface area contributed by atoms with Crippen molar-refractivity contribution >= 4 is 39.1 Å². The first-order valence-corrected chi connectivity index (χ1v) is 10.5. The van der Waals surface area contributed by atoms with Crippen LogP contribution in [0.1, 0.15) is 28.3 Å². The lowest BCUT2D eigenvalue weighted by Gasteiger charge is -2.23. The molecule has 0 aliphatic carbocycles. The lowest BCUT2D eigenvalue weighted by Crippen LogP contribution is -2.40. The van der Waals surface area contributed by atoms with Crippen LogP contribution >= 0.6 is 22.9 Å². The molecule has 4 rings (SSSR count). The molecule has 30 heavy (non-hydrogen) atoms. The quantitative estimate of drug-likeness (QED) is 0.420. The van der Waals surface area contributed by atoms with Crippen LogP contribution in [0.2, 0.25) is 5.02 Å². The highest BCUT2D eigenvalue weighted by Gasteiger charge is 2.30. The minimum Gasteiger partial charge on any atom is -0.383 e. The number of para-hydroxylation sites is 1. The molecule has 0 radical (unpaired) electrons. The van der Waals surface area contributed by atoms with Gasteiger partial charge in [0.25, 0.3) is 5.91 Å². The second-order valence-corrected chi connectivity index (χ2v) is 8.31. The molecule has 0 saturated carbocycles. The van der Waals surface area contributed by atoms with Crippen LogP contribution in [0.5, 0.6) is 0 Å². The maximum atomic E-state index is 12.8. The van der Waals surface area contributed by atoms with Gasteiger partial charge in [-0.05, 0) is 35.4 Å². The molecular formula is C23H19ClN2O3S. The lowest BCUT2D eigenvalue weighted by atomic mass is 9.98. The number of fused-ring (bicyclic) bond motifs is 1. The van der Waals surface area contributed by atoms with Crippen LogP contribution in [0.3, 0.4) is 0 Å². The Balaban J connectivity index is 1.57. The Labute approximate surface area is 182 Å². The zero-order valence-electron chi connectivity index (χ0n) is 15.8. The summed E-state index contributed by atoms with van der Waals surface area (Å²) in [7, 11) is 0. The van der Waals surface area contributed by atoms with Gasteiger partial charge in [-0.15, -0.1) is 11.3 Å². The Morgan fingerprint density at radius 3 is 2.23 bits per heavy atom. The van der Waals surface area contributed by atoms with Gasteiger partial charge < -0.3 is 15.5 Å². The summed E-state index contributed by atoms with van der Waals surface area (Å²) in [5.74, 6) is -0.689. The largest absolute Gasteiger partial charge is 0.383 e. The van der Waals surface area contributed by atoms with Gasteiger partial charge in [-0.25, -0.2) is 4.98 Å². The van der Waals surface area contributed by atoms with E-state index in [1.807, 2.05) is 66.7 Å². The number of hydrogen-bond acceptors (Lipinski definition) is 5. The molecule has 1 heterocycles. The van der Waals surface area contributed by atoms with Gasteiger partial charge in [0.05, 0.1) is 16.3 Å². The first kappa shape index (κ1) is 20.5. The topological polar surface area (TPSA) is 82.5 Å². The number of nitrogens with zero attached hydrogens (tertiary/aromatic N) is 1. The molecule has 0 aliphatic rings. The maximum Gasteiger partial charge on any atom is 0.252 e. The van der Waals surface area contributed by atoms with Crippen LogP contribution < -0.4 is 5.32 Å². The van der Waals surface area contributed by atoms with E-state index in [4.69, 9.17) is 11.6 Å². The summed E-state index contributed by atoms with van der Waals surface area (Å²) in [5.41, 5.74) is 2.36. The van der Waals surface area contributed by atoms with Gasteiger partial charge >= 0.3 is 0 Å². The van der Waals surface area contributed by atoms with Gasteiger partial charge in [0.1, 0.15) is 11.1 Å². The third kappa shape index (κ3) is 4.37. The highest BCUT2D eigenvalue weighted by Crippen LogP contribution is 2.29. The summed E-state index contributed by atoms with van der Waals surface area (Å²) in [6.45, 7) is 0. The number of nitrogens with one attached hydrogen (secondary N) is 1. The van der Waals surface area contributed by atoms with Gasteiger partial charge in [0, 0.05) is 5.02 Å². The summed E-state index contributed by atoms with van der Waals surface area (Å²) in [5, 5.41) is 24.8. The molecule has 0 fully saturated rings. The van der Waals surface area contributed by atoms with Crippen LogP contribution in [-0.2, 0) is 4.79 Å². The molecule has 0 spiro atoms. The van der Waals surface area contributed by atoms with Crippen LogP contribution in [0, 0.1) is 0 Å². The molecule has 1 aromatic heterocycles. The molecular weight excluding hydrogens is 420 g/mol. The number of hydrogen-bond donors (Lipinski definition) is 3. The first-order valence-electron chi connectivity index (χ1n) is 9.35. The number of carbonyl (C=O) groups is 1. The standard InChI is InChI=1S/C23H19ClN2O3S/c24-16-12-10-15(11-13-16)19(14-6-2-1-3-7-14)26-22(29)20(27)21(28)23-25-17-8-4-5-9-18(17)30-23/h1-13,19-21,27-28H,(H,26,29). The Morgan fingerprint density at radius 1 is 0.900 bits per heavy atom. The predicted octanol–water partition coefficient (Wildman–Crippen LogP) is 4.25. The van der Waals surface area contributed by atoms with Gasteiger partial charge in [-0.1, -0.05) is 66.2 Å². The van der Waals surface area contributed by atoms with E-state index >= 15 is 0 Å². The summed E-state index contributed by atoms with van der Waals surface area (Å²) < 4.78 is 0.877. The fourth-order valence-electron chi connectivity index (χ4n) is 3.18. The molecule has 0 bridgehead atoms. The zero-order chi connectivity index (χ0) is 21.1. The number of aliphatic hydroxyl groups excluding tert-OH is 2. The first-order chi connectivity index (χ1) is 14.5. The smallest absolute Gasteiger partial charge is 0.252 e. The second kappa shape index (κ2) is 8.93. The van der Waals surface area contributed by atoms with E-state index in [2.05, 4.69) is 10.3 Å². The van der Waals surface area contributed by atoms with Gasteiger partial charge in [-0.2, -0.15) is 0 Å². The summed E-state index contributed by atoms with van der Waals surface area (Å²) in [6.07, 6.45) is -3.09. The predicted molar refractivity (Wildman–Crippen MR) is 118 cm³/mol. The van der Waals surface area contributed by atoms with Crippen molar-refractivity contribution in [2.45, 2.75) is 18.2 Å². The van der Waals surface area contributed by atoms with E-state index in [1.165, 1.54) is 11.3 Å². The molecule has 3 N–H and O–H groups in total. The molecule has 0 aliphatic heterocycles. The Kier molecular flexibility index (Phi) is 6.11. The summed E-state index contributed by atoms with van der Waals surface area (Å²) in [4.78, 5) is 17.2. The van der Waals surface area contributed by atoms with Crippen molar-refractivity contribution in [2.75, 3.05) is 0 Å². The third-order valence-corrected chi connectivity index (χ3v) is 6.11. The Bertz CT molecular complexity index is 1120. The van der Waals surface area contributed by atoms with Crippen molar-refractivity contribution in [3.8, 4) is 0 Å².